The molecule has 0 saturated heterocycles. The lowest BCUT2D eigenvalue weighted by Gasteiger charge is -2.20. The lowest BCUT2D eigenvalue weighted by atomic mass is 10.1. The maximum Gasteiger partial charge on any atom is 0.272 e. The van der Waals surface area contributed by atoms with Gasteiger partial charge in [-0.25, -0.2) is 0 Å². The first-order valence-electron chi connectivity index (χ1n) is 8.16. The van der Waals surface area contributed by atoms with Gasteiger partial charge in [-0.3, -0.25) is 14.6 Å². The minimum Gasteiger partial charge on any atom is -0.495 e. The molecule has 3 rings (SSSR count). The van der Waals surface area contributed by atoms with Crippen LogP contribution in [0.25, 0.3) is 0 Å². The summed E-state index contributed by atoms with van der Waals surface area (Å²) in [5, 5.41) is 8.62. The number of primary amides is 1. The number of ether oxygens (including phenoxy) is 1. The fourth-order valence-corrected chi connectivity index (χ4v) is 2.80. The van der Waals surface area contributed by atoms with Gasteiger partial charge in [0, 0.05) is 6.42 Å². The highest BCUT2D eigenvalue weighted by Crippen LogP contribution is 2.27. The second-order valence-corrected chi connectivity index (χ2v) is 6.01. The average molecular weight is 352 g/mol. The van der Waals surface area contributed by atoms with Crippen molar-refractivity contribution in [2.75, 3.05) is 17.4 Å². The van der Waals surface area contributed by atoms with Crippen LogP contribution < -0.4 is 20.8 Å². The average Bonchev–Trinajstić information content (AvgIpc) is 3.08. The number of hydrazone groups is 1. The quantitative estimate of drug-likeness (QED) is 0.861. The Morgan fingerprint density at radius 3 is 2.62 bits per heavy atom. The van der Waals surface area contributed by atoms with Crippen molar-refractivity contribution in [2.24, 2.45) is 10.8 Å². The lowest BCUT2D eigenvalue weighted by molar-refractivity contribution is -0.119. The van der Waals surface area contributed by atoms with Crippen molar-refractivity contribution in [3.63, 3.8) is 0 Å². The van der Waals surface area contributed by atoms with E-state index in [1.165, 1.54) is 12.1 Å². The Balaban J connectivity index is 1.86. The molecule has 0 saturated carbocycles. The van der Waals surface area contributed by atoms with Gasteiger partial charge in [-0.05, 0) is 36.8 Å². The molecular formula is C19H20N4O3. The van der Waals surface area contributed by atoms with Crippen LogP contribution in [0.3, 0.4) is 0 Å². The Hall–Kier alpha value is -3.35. The highest BCUT2D eigenvalue weighted by Gasteiger charge is 2.35. The number of para-hydroxylation sites is 1. The van der Waals surface area contributed by atoms with Crippen LogP contribution >= 0.6 is 0 Å². The molecule has 7 nitrogen and oxygen atoms in total. The van der Waals surface area contributed by atoms with Crippen molar-refractivity contribution < 1.29 is 14.3 Å². The number of benzene rings is 2. The van der Waals surface area contributed by atoms with E-state index in [1.54, 1.807) is 6.07 Å². The molecule has 1 aliphatic heterocycles. The predicted molar refractivity (Wildman–Crippen MR) is 100 cm³/mol. The van der Waals surface area contributed by atoms with Crippen molar-refractivity contribution in [3.8, 4) is 5.75 Å². The summed E-state index contributed by atoms with van der Waals surface area (Å²) in [7, 11) is 1.54. The minimum atomic E-state index is -0.697. The Morgan fingerprint density at radius 2 is 1.96 bits per heavy atom. The molecule has 7 heteroatoms. The fraction of sp³-hybridized carbons (Fsp3) is 0.211. The van der Waals surface area contributed by atoms with Gasteiger partial charge in [-0.1, -0.05) is 24.3 Å². The number of amides is 2. The molecule has 1 aliphatic rings. The van der Waals surface area contributed by atoms with Crippen LogP contribution in [0.4, 0.5) is 11.4 Å². The predicted octanol–water partition coefficient (Wildman–Crippen LogP) is 2.06. The number of anilines is 2. The maximum atomic E-state index is 12.7. The van der Waals surface area contributed by atoms with Crippen LogP contribution in [0.15, 0.2) is 53.6 Å². The molecule has 26 heavy (non-hydrogen) atoms. The molecule has 0 spiro atoms. The summed E-state index contributed by atoms with van der Waals surface area (Å²) in [6.07, 6.45) is 0.143. The molecule has 0 aromatic heterocycles. The molecular weight excluding hydrogens is 332 g/mol. The summed E-state index contributed by atoms with van der Waals surface area (Å²) in [5.74, 6) is -0.374. The number of aryl methyl sites for hydroxylation is 1. The molecule has 2 aromatic rings. The number of carbonyl (C=O) groups is 2. The third kappa shape index (κ3) is 3.51. The van der Waals surface area contributed by atoms with Gasteiger partial charge in [-0.15, -0.1) is 0 Å². The Bertz CT molecular complexity index is 864. The number of nitrogens with one attached hydrogen (secondary N) is 1. The van der Waals surface area contributed by atoms with Crippen molar-refractivity contribution in [2.45, 2.75) is 19.4 Å². The number of nitrogens with zero attached hydrogens (tertiary/aromatic N) is 2. The highest BCUT2D eigenvalue weighted by atomic mass is 16.5. The zero-order valence-corrected chi connectivity index (χ0v) is 14.6. The monoisotopic (exact) mass is 352 g/mol. The number of hydrogen-bond donors (Lipinski definition) is 2. The molecule has 0 bridgehead atoms. The van der Waals surface area contributed by atoms with Gasteiger partial charge in [0.05, 0.1) is 18.5 Å². The molecule has 0 aliphatic carbocycles. The van der Waals surface area contributed by atoms with Crippen LogP contribution in [-0.4, -0.2) is 30.7 Å². The highest BCUT2D eigenvalue weighted by molar-refractivity contribution is 6.44. The van der Waals surface area contributed by atoms with Gasteiger partial charge in [0.2, 0.25) is 5.91 Å². The molecule has 0 radical (unpaired) electrons. The lowest BCUT2D eigenvalue weighted by Crippen LogP contribution is -2.39. The molecule has 2 amide bonds. The topological polar surface area (TPSA) is 97.0 Å². The van der Waals surface area contributed by atoms with E-state index in [9.17, 15) is 9.59 Å². The van der Waals surface area contributed by atoms with Crippen LogP contribution in [0, 0.1) is 6.92 Å². The van der Waals surface area contributed by atoms with Gasteiger partial charge in [0.25, 0.3) is 5.91 Å². The normalized spacial score (nSPS) is 16.2. The second-order valence-electron chi connectivity index (χ2n) is 6.01. The van der Waals surface area contributed by atoms with E-state index >= 15 is 0 Å². The van der Waals surface area contributed by atoms with Gasteiger partial charge in [0.15, 0.2) is 0 Å². The first-order chi connectivity index (χ1) is 12.5. The number of rotatable bonds is 5. The first kappa shape index (κ1) is 17.5. The molecule has 3 N–H and O–H groups in total. The molecule has 0 unspecified atom stereocenters. The number of carbonyl (C=O) groups excluding carboxylic acids is 2. The van der Waals surface area contributed by atoms with E-state index in [1.807, 2.05) is 49.4 Å². The summed E-state index contributed by atoms with van der Waals surface area (Å²) in [4.78, 5) is 24.5. The van der Waals surface area contributed by atoms with Gasteiger partial charge in [0.1, 0.15) is 17.5 Å². The third-order valence-electron chi connectivity index (χ3n) is 4.12. The van der Waals surface area contributed by atoms with Crippen molar-refractivity contribution >= 4 is 28.9 Å². The molecule has 134 valence electrons. The first-order valence-corrected chi connectivity index (χ1v) is 8.16. The largest absolute Gasteiger partial charge is 0.495 e. The van der Waals surface area contributed by atoms with Gasteiger partial charge in [-0.2, -0.15) is 5.10 Å². The standard InChI is InChI=1S/C19H20N4O3/c1-12-8-9-17(26-2)14(10-12)21-19(25)15-11-16(18(20)24)23(22-15)13-6-4-3-5-7-13/h3-10,16H,11H2,1-2H3,(H2,20,24)(H,21,25)/t16-/m0/s1. The summed E-state index contributed by atoms with van der Waals surface area (Å²) < 4.78 is 5.27. The molecule has 1 heterocycles. The maximum absolute atomic E-state index is 12.7. The van der Waals surface area contributed by atoms with Crippen LogP contribution in [0.2, 0.25) is 0 Å². The van der Waals surface area contributed by atoms with Crippen LogP contribution in [0.1, 0.15) is 12.0 Å². The van der Waals surface area contributed by atoms with E-state index in [-0.39, 0.29) is 12.1 Å². The Kier molecular flexibility index (Phi) is 4.88. The number of nitrogens with two attached hydrogens (primary N) is 1. The number of hydrogen-bond acceptors (Lipinski definition) is 5. The smallest absolute Gasteiger partial charge is 0.272 e. The number of methoxy groups -OCH3 is 1. The summed E-state index contributed by atoms with van der Waals surface area (Å²) in [5.41, 5.74) is 7.97. The van der Waals surface area contributed by atoms with E-state index in [0.29, 0.717) is 17.1 Å². The third-order valence-corrected chi connectivity index (χ3v) is 4.12. The van der Waals surface area contributed by atoms with E-state index in [2.05, 4.69) is 10.4 Å². The van der Waals surface area contributed by atoms with Crippen molar-refractivity contribution in [1.82, 2.24) is 0 Å². The Labute approximate surface area is 151 Å². The Morgan fingerprint density at radius 1 is 1.23 bits per heavy atom. The molecule has 0 fully saturated rings. The van der Waals surface area contributed by atoms with Crippen molar-refractivity contribution in [1.29, 1.82) is 0 Å². The minimum absolute atomic E-state index is 0.143. The van der Waals surface area contributed by atoms with E-state index in [0.717, 1.165) is 5.56 Å². The van der Waals surface area contributed by atoms with E-state index in [4.69, 9.17) is 10.5 Å². The summed E-state index contributed by atoms with van der Waals surface area (Å²) >= 11 is 0. The van der Waals surface area contributed by atoms with E-state index < -0.39 is 17.9 Å². The molecule has 1 atom stereocenters. The van der Waals surface area contributed by atoms with Gasteiger partial charge >= 0.3 is 0 Å². The zero-order chi connectivity index (χ0) is 18.7. The van der Waals surface area contributed by atoms with Gasteiger partial charge < -0.3 is 15.8 Å². The van der Waals surface area contributed by atoms with Crippen LogP contribution in [0.5, 0.6) is 5.75 Å². The van der Waals surface area contributed by atoms with Crippen LogP contribution in [-0.2, 0) is 9.59 Å². The molecule has 2 aromatic carbocycles. The summed E-state index contributed by atoms with van der Waals surface area (Å²) in [6.45, 7) is 1.92. The second kappa shape index (κ2) is 7.26. The zero-order valence-electron chi connectivity index (χ0n) is 14.6. The summed E-state index contributed by atoms with van der Waals surface area (Å²) in [6, 6.07) is 13.9. The SMILES string of the molecule is COc1ccc(C)cc1NC(=O)C1=NN(c2ccccc2)[C@H](C(N)=O)C1. The van der Waals surface area contributed by atoms with Crippen molar-refractivity contribution in [3.05, 3.63) is 54.1 Å². The fourth-order valence-electron chi connectivity index (χ4n) is 2.80.